The molecule has 3 aliphatic rings. The Kier molecular flexibility index (Phi) is 6.40. The number of rotatable bonds is 4. The Labute approximate surface area is 216 Å². The molecule has 3 aromatic carbocycles. The van der Waals surface area contributed by atoms with Gasteiger partial charge < -0.3 is 24.0 Å². The molecule has 0 aromatic heterocycles. The zero-order valence-electron chi connectivity index (χ0n) is 20.7. The van der Waals surface area contributed by atoms with Crippen molar-refractivity contribution < 1.29 is 23.8 Å². The molecule has 0 saturated carbocycles. The normalized spacial score (nSPS) is 18.7. The van der Waals surface area contributed by atoms with Gasteiger partial charge in [0.05, 0.1) is 19.8 Å². The number of likely N-dealkylation sites (tertiary alicyclic amines) is 1. The average Bonchev–Trinajstić information content (AvgIpc) is 2.97. The molecule has 0 atom stereocenters. The van der Waals surface area contributed by atoms with Crippen LogP contribution in [-0.4, -0.2) is 62.3 Å². The molecule has 0 bridgehead atoms. The molecular formula is C30H30N2O5. The van der Waals surface area contributed by atoms with Crippen LogP contribution < -0.4 is 9.64 Å². The van der Waals surface area contributed by atoms with Crippen molar-refractivity contribution in [2.45, 2.75) is 25.2 Å². The molecule has 0 N–H and O–H groups in total. The second-order valence-corrected chi connectivity index (χ2v) is 9.80. The largest absolute Gasteiger partial charge is 0.462 e. The van der Waals surface area contributed by atoms with Crippen LogP contribution in [0.15, 0.2) is 66.7 Å². The Morgan fingerprint density at radius 2 is 1.54 bits per heavy atom. The van der Waals surface area contributed by atoms with Crippen molar-refractivity contribution in [1.82, 2.24) is 4.90 Å². The molecule has 3 aliphatic heterocycles. The quantitative estimate of drug-likeness (QED) is 0.492. The molecule has 190 valence electrons. The molecule has 1 spiro atoms. The maximum absolute atomic E-state index is 13.2. The minimum Gasteiger partial charge on any atom is -0.462 e. The fraction of sp³-hybridized carbons (Fsp3) is 0.333. The van der Waals surface area contributed by atoms with E-state index in [1.807, 2.05) is 65.6 Å². The van der Waals surface area contributed by atoms with E-state index >= 15 is 0 Å². The van der Waals surface area contributed by atoms with Gasteiger partial charge in [-0.2, -0.15) is 0 Å². The van der Waals surface area contributed by atoms with E-state index in [4.69, 9.17) is 14.2 Å². The first-order chi connectivity index (χ1) is 18.1. The van der Waals surface area contributed by atoms with E-state index in [-0.39, 0.29) is 5.91 Å². The molecule has 2 saturated heterocycles. The van der Waals surface area contributed by atoms with E-state index in [1.165, 1.54) is 0 Å². The Balaban J connectivity index is 1.08. The molecule has 0 unspecified atom stereocenters. The molecule has 37 heavy (non-hydrogen) atoms. The SMILES string of the molecule is O=Cc1ccc(-c2ccc3c(c2)COC2(CCN(C(=O)c4ccc(N5CCOCC5)cc4)CC2)O3)cc1. The molecule has 7 heteroatoms. The van der Waals surface area contributed by atoms with Gasteiger partial charge in [-0.25, -0.2) is 0 Å². The molecule has 6 rings (SSSR count). The van der Waals surface area contributed by atoms with Crippen LogP contribution in [0.5, 0.6) is 5.75 Å². The number of fused-ring (bicyclic) bond motifs is 1. The minimum atomic E-state index is -0.697. The van der Waals surface area contributed by atoms with Crippen molar-refractivity contribution in [3.63, 3.8) is 0 Å². The molecule has 0 aliphatic carbocycles. The van der Waals surface area contributed by atoms with Crippen LogP contribution in [0.3, 0.4) is 0 Å². The number of morpholine rings is 1. The van der Waals surface area contributed by atoms with E-state index in [0.29, 0.717) is 43.7 Å². The highest BCUT2D eigenvalue weighted by Crippen LogP contribution is 2.39. The van der Waals surface area contributed by atoms with E-state index in [2.05, 4.69) is 11.0 Å². The highest BCUT2D eigenvalue weighted by Gasteiger charge is 2.42. The summed E-state index contributed by atoms with van der Waals surface area (Å²) >= 11 is 0. The highest BCUT2D eigenvalue weighted by atomic mass is 16.7. The zero-order chi connectivity index (χ0) is 25.2. The third-order valence-corrected chi connectivity index (χ3v) is 7.53. The summed E-state index contributed by atoms with van der Waals surface area (Å²) in [6, 6.07) is 21.5. The summed E-state index contributed by atoms with van der Waals surface area (Å²) in [6.07, 6.45) is 2.09. The van der Waals surface area contributed by atoms with E-state index in [0.717, 1.165) is 60.7 Å². The monoisotopic (exact) mass is 498 g/mol. The number of amides is 1. The van der Waals surface area contributed by atoms with Gasteiger partial charge in [0, 0.05) is 61.4 Å². The Morgan fingerprint density at radius 1 is 0.838 bits per heavy atom. The predicted molar refractivity (Wildman–Crippen MR) is 140 cm³/mol. The van der Waals surface area contributed by atoms with Gasteiger partial charge >= 0.3 is 0 Å². The van der Waals surface area contributed by atoms with Crippen molar-refractivity contribution >= 4 is 17.9 Å². The second-order valence-electron chi connectivity index (χ2n) is 9.80. The van der Waals surface area contributed by atoms with Crippen molar-refractivity contribution in [2.75, 3.05) is 44.3 Å². The summed E-state index contributed by atoms with van der Waals surface area (Å²) in [6.45, 7) is 4.86. The molecule has 1 amide bonds. The van der Waals surface area contributed by atoms with Crippen LogP contribution >= 0.6 is 0 Å². The molecule has 3 heterocycles. The van der Waals surface area contributed by atoms with Gasteiger partial charge in [-0.1, -0.05) is 30.3 Å². The lowest BCUT2D eigenvalue weighted by atomic mass is 9.98. The first-order valence-electron chi connectivity index (χ1n) is 12.9. The first-order valence-corrected chi connectivity index (χ1v) is 12.9. The van der Waals surface area contributed by atoms with Gasteiger partial charge in [-0.15, -0.1) is 0 Å². The Hall–Kier alpha value is -3.68. The van der Waals surface area contributed by atoms with Gasteiger partial charge in [-0.05, 0) is 47.5 Å². The van der Waals surface area contributed by atoms with E-state index in [9.17, 15) is 9.59 Å². The summed E-state index contributed by atoms with van der Waals surface area (Å²) in [5, 5.41) is 0. The third-order valence-electron chi connectivity index (χ3n) is 7.53. The number of aldehydes is 1. The van der Waals surface area contributed by atoms with Gasteiger partial charge in [0.25, 0.3) is 5.91 Å². The number of benzene rings is 3. The van der Waals surface area contributed by atoms with E-state index in [1.54, 1.807) is 0 Å². The summed E-state index contributed by atoms with van der Waals surface area (Å²) in [5.41, 5.74) is 5.59. The number of carbonyl (C=O) groups is 2. The smallest absolute Gasteiger partial charge is 0.253 e. The standard InChI is InChI=1S/C30H30N2O5/c33-20-22-1-3-23(4-2-22)25-7-10-28-26(19-25)21-36-30(37-28)11-13-32(14-12-30)29(34)24-5-8-27(9-6-24)31-15-17-35-18-16-31/h1-10,19-20H,11-18,21H2. The summed E-state index contributed by atoms with van der Waals surface area (Å²) in [4.78, 5) is 28.3. The van der Waals surface area contributed by atoms with Crippen molar-refractivity contribution in [1.29, 1.82) is 0 Å². The maximum Gasteiger partial charge on any atom is 0.253 e. The lowest BCUT2D eigenvalue weighted by Gasteiger charge is -2.44. The lowest BCUT2D eigenvalue weighted by Crippen LogP contribution is -2.52. The molecule has 7 nitrogen and oxygen atoms in total. The van der Waals surface area contributed by atoms with Gasteiger partial charge in [0.2, 0.25) is 5.79 Å². The van der Waals surface area contributed by atoms with Gasteiger partial charge in [0.1, 0.15) is 12.0 Å². The molecular weight excluding hydrogens is 468 g/mol. The molecule has 2 fully saturated rings. The number of hydrogen-bond acceptors (Lipinski definition) is 6. The van der Waals surface area contributed by atoms with Crippen molar-refractivity contribution in [2.24, 2.45) is 0 Å². The van der Waals surface area contributed by atoms with Crippen molar-refractivity contribution in [3.8, 4) is 16.9 Å². The van der Waals surface area contributed by atoms with Crippen LogP contribution in [0.4, 0.5) is 5.69 Å². The Bertz CT molecular complexity index is 1270. The average molecular weight is 499 g/mol. The first kappa shape index (κ1) is 23.7. The fourth-order valence-electron chi connectivity index (χ4n) is 5.28. The maximum atomic E-state index is 13.2. The van der Waals surface area contributed by atoms with Crippen LogP contribution in [0.2, 0.25) is 0 Å². The number of ether oxygens (including phenoxy) is 3. The van der Waals surface area contributed by atoms with E-state index < -0.39 is 5.79 Å². The van der Waals surface area contributed by atoms with Crippen LogP contribution in [0.25, 0.3) is 11.1 Å². The molecule has 3 aromatic rings. The second kappa shape index (κ2) is 10.00. The van der Waals surface area contributed by atoms with Gasteiger partial charge in [-0.3, -0.25) is 9.59 Å². The topological polar surface area (TPSA) is 68.3 Å². The number of piperidine rings is 1. The summed E-state index contributed by atoms with van der Waals surface area (Å²) in [5.74, 6) is 0.180. The Morgan fingerprint density at radius 3 is 2.24 bits per heavy atom. The van der Waals surface area contributed by atoms with Crippen LogP contribution in [-0.2, 0) is 16.1 Å². The summed E-state index contributed by atoms with van der Waals surface area (Å²) in [7, 11) is 0. The number of carbonyl (C=O) groups excluding carboxylic acids is 2. The number of nitrogens with zero attached hydrogens (tertiary/aromatic N) is 2. The molecule has 0 radical (unpaired) electrons. The number of hydrogen-bond donors (Lipinski definition) is 0. The summed E-state index contributed by atoms with van der Waals surface area (Å²) < 4.78 is 18.1. The third kappa shape index (κ3) is 4.84. The van der Waals surface area contributed by atoms with Crippen LogP contribution in [0, 0.1) is 0 Å². The fourth-order valence-corrected chi connectivity index (χ4v) is 5.28. The predicted octanol–water partition coefficient (Wildman–Crippen LogP) is 4.54. The van der Waals surface area contributed by atoms with Crippen LogP contribution in [0.1, 0.15) is 39.1 Å². The zero-order valence-corrected chi connectivity index (χ0v) is 20.7. The minimum absolute atomic E-state index is 0.0461. The van der Waals surface area contributed by atoms with Gasteiger partial charge in [0.15, 0.2) is 0 Å². The lowest BCUT2D eigenvalue weighted by molar-refractivity contribution is -0.225. The van der Waals surface area contributed by atoms with Crippen molar-refractivity contribution in [3.05, 3.63) is 83.4 Å². The number of anilines is 1. The highest BCUT2D eigenvalue weighted by molar-refractivity contribution is 5.94.